The molecule has 2 aliphatic rings. The predicted molar refractivity (Wildman–Crippen MR) is 70.1 cm³/mol. The van der Waals surface area contributed by atoms with Gasteiger partial charge in [0.05, 0.1) is 0 Å². The summed E-state index contributed by atoms with van der Waals surface area (Å²) < 4.78 is 1.15. The Labute approximate surface area is 105 Å². The monoisotopic (exact) mass is 280 g/mol. The third kappa shape index (κ3) is 1.76. The van der Waals surface area contributed by atoms with Crippen molar-refractivity contribution in [3.63, 3.8) is 0 Å². The lowest BCUT2D eigenvalue weighted by atomic mass is 10.1. The van der Waals surface area contributed by atoms with E-state index in [1.54, 1.807) is 0 Å². The van der Waals surface area contributed by atoms with Gasteiger partial charge >= 0.3 is 0 Å². The van der Waals surface area contributed by atoms with Crippen LogP contribution in [0.3, 0.4) is 0 Å². The first kappa shape index (κ1) is 10.6. The number of anilines is 1. The molecule has 86 valence electrons. The molecule has 2 N–H and O–H groups in total. The normalized spacial score (nSPS) is 28.8. The second-order valence-corrected chi connectivity index (χ2v) is 5.92. The molecular formula is C13H17BrN2. The van der Waals surface area contributed by atoms with E-state index in [1.165, 1.54) is 31.4 Å². The molecule has 1 heterocycles. The van der Waals surface area contributed by atoms with Crippen LogP contribution < -0.4 is 5.73 Å². The summed E-state index contributed by atoms with van der Waals surface area (Å²) >= 11 is 3.60. The lowest BCUT2D eigenvalue weighted by molar-refractivity contribution is 0.205. The zero-order valence-corrected chi connectivity index (χ0v) is 10.9. The third-order valence-corrected chi connectivity index (χ3v) is 4.78. The molecule has 2 nitrogen and oxygen atoms in total. The minimum atomic E-state index is 0.816. The molecule has 0 radical (unpaired) electrons. The number of nitrogens with zero attached hydrogens (tertiary/aromatic N) is 1. The van der Waals surface area contributed by atoms with Crippen molar-refractivity contribution in [1.29, 1.82) is 0 Å². The van der Waals surface area contributed by atoms with Crippen LogP contribution in [0.5, 0.6) is 0 Å². The Hall–Kier alpha value is -0.540. The van der Waals surface area contributed by atoms with Gasteiger partial charge < -0.3 is 5.73 Å². The van der Waals surface area contributed by atoms with E-state index >= 15 is 0 Å². The lowest BCUT2D eigenvalue weighted by Gasteiger charge is -2.27. The molecule has 2 fully saturated rings. The van der Waals surface area contributed by atoms with Gasteiger partial charge in [0.15, 0.2) is 0 Å². The number of piperidine rings is 1. The number of benzene rings is 1. The standard InChI is InChI=1S/C13H17BrN2/c14-12-2-1-3-13(15)11(12)8-16-7-9-4-5-10(16)6-9/h1-3,9-10H,4-8,15H2. The summed E-state index contributed by atoms with van der Waals surface area (Å²) in [5.41, 5.74) is 8.21. The SMILES string of the molecule is Nc1cccc(Br)c1CN1CC2CCC1C2. The molecule has 3 heteroatoms. The van der Waals surface area contributed by atoms with Crippen molar-refractivity contribution >= 4 is 21.6 Å². The van der Waals surface area contributed by atoms with Gasteiger partial charge in [0, 0.05) is 34.9 Å². The Morgan fingerprint density at radius 2 is 2.25 bits per heavy atom. The van der Waals surface area contributed by atoms with Crippen LogP contribution in [0.4, 0.5) is 5.69 Å². The summed E-state index contributed by atoms with van der Waals surface area (Å²) in [5.74, 6) is 0.953. The minimum Gasteiger partial charge on any atom is -0.398 e. The van der Waals surface area contributed by atoms with Crippen LogP contribution in [0.2, 0.25) is 0 Å². The molecule has 3 rings (SSSR count). The molecule has 0 spiro atoms. The van der Waals surface area contributed by atoms with Crippen LogP contribution in [0.1, 0.15) is 24.8 Å². The molecule has 2 bridgehead atoms. The molecule has 16 heavy (non-hydrogen) atoms. The quantitative estimate of drug-likeness (QED) is 0.844. The highest BCUT2D eigenvalue weighted by Gasteiger charge is 2.37. The van der Waals surface area contributed by atoms with E-state index in [2.05, 4.69) is 26.9 Å². The Kier molecular flexibility index (Phi) is 2.68. The number of likely N-dealkylation sites (tertiary alicyclic amines) is 1. The van der Waals surface area contributed by atoms with Gasteiger partial charge in [-0.05, 0) is 37.3 Å². The first-order valence-electron chi connectivity index (χ1n) is 6.01. The number of hydrogen-bond donors (Lipinski definition) is 1. The molecule has 1 aliphatic carbocycles. The smallest absolute Gasteiger partial charge is 0.0371 e. The van der Waals surface area contributed by atoms with Crippen LogP contribution in [-0.4, -0.2) is 17.5 Å². The maximum atomic E-state index is 6.04. The van der Waals surface area contributed by atoms with Crippen LogP contribution in [0, 0.1) is 5.92 Å². The van der Waals surface area contributed by atoms with E-state index in [0.717, 1.165) is 28.7 Å². The van der Waals surface area contributed by atoms with E-state index < -0.39 is 0 Å². The van der Waals surface area contributed by atoms with Crippen molar-refractivity contribution in [2.24, 2.45) is 5.92 Å². The number of nitrogen functional groups attached to an aromatic ring is 1. The van der Waals surface area contributed by atoms with Crippen molar-refractivity contribution in [2.45, 2.75) is 31.8 Å². The first-order valence-corrected chi connectivity index (χ1v) is 6.80. The van der Waals surface area contributed by atoms with Crippen molar-refractivity contribution in [1.82, 2.24) is 4.90 Å². The van der Waals surface area contributed by atoms with Crippen LogP contribution in [-0.2, 0) is 6.54 Å². The van der Waals surface area contributed by atoms with Crippen molar-refractivity contribution in [2.75, 3.05) is 12.3 Å². The van der Waals surface area contributed by atoms with Gasteiger partial charge in [-0.25, -0.2) is 0 Å². The molecule has 2 atom stereocenters. The number of fused-ring (bicyclic) bond motifs is 2. The van der Waals surface area contributed by atoms with E-state index in [1.807, 2.05) is 12.1 Å². The maximum Gasteiger partial charge on any atom is 0.0371 e. The van der Waals surface area contributed by atoms with Crippen LogP contribution in [0.25, 0.3) is 0 Å². The van der Waals surface area contributed by atoms with E-state index in [4.69, 9.17) is 5.73 Å². The average Bonchev–Trinajstić information content (AvgIpc) is 2.85. The molecular weight excluding hydrogens is 264 g/mol. The molecule has 0 aromatic heterocycles. The molecule has 0 amide bonds. The number of nitrogens with two attached hydrogens (primary N) is 1. The molecule has 2 unspecified atom stereocenters. The Balaban J connectivity index is 1.79. The number of halogens is 1. The topological polar surface area (TPSA) is 29.3 Å². The largest absolute Gasteiger partial charge is 0.398 e. The summed E-state index contributed by atoms with van der Waals surface area (Å²) in [5, 5.41) is 0. The highest BCUT2D eigenvalue weighted by Crippen LogP contribution is 2.39. The van der Waals surface area contributed by atoms with Gasteiger partial charge in [-0.1, -0.05) is 22.0 Å². The molecule has 1 aromatic carbocycles. The first-order chi connectivity index (χ1) is 7.74. The molecule has 1 saturated carbocycles. The Morgan fingerprint density at radius 3 is 2.88 bits per heavy atom. The summed E-state index contributed by atoms with van der Waals surface area (Å²) in [7, 11) is 0. The fourth-order valence-corrected chi connectivity index (χ4v) is 3.67. The molecule has 1 saturated heterocycles. The van der Waals surface area contributed by atoms with Gasteiger partial charge in [-0.15, -0.1) is 0 Å². The average molecular weight is 281 g/mol. The second-order valence-electron chi connectivity index (χ2n) is 5.07. The minimum absolute atomic E-state index is 0.816. The maximum absolute atomic E-state index is 6.04. The van der Waals surface area contributed by atoms with Gasteiger partial charge in [0.25, 0.3) is 0 Å². The molecule has 1 aromatic rings. The summed E-state index contributed by atoms with van der Waals surface area (Å²) in [6.45, 7) is 2.28. The number of rotatable bonds is 2. The van der Waals surface area contributed by atoms with Gasteiger partial charge in [-0.2, -0.15) is 0 Å². The van der Waals surface area contributed by atoms with E-state index in [0.29, 0.717) is 0 Å². The summed E-state index contributed by atoms with van der Waals surface area (Å²) in [4.78, 5) is 2.60. The van der Waals surface area contributed by atoms with Gasteiger partial charge in [-0.3, -0.25) is 4.90 Å². The predicted octanol–water partition coefficient (Wildman–Crippen LogP) is 3.02. The van der Waals surface area contributed by atoms with Crippen molar-refractivity contribution in [3.8, 4) is 0 Å². The van der Waals surface area contributed by atoms with Crippen molar-refractivity contribution < 1.29 is 0 Å². The van der Waals surface area contributed by atoms with E-state index in [9.17, 15) is 0 Å². The van der Waals surface area contributed by atoms with Gasteiger partial charge in [0.2, 0.25) is 0 Å². The third-order valence-electron chi connectivity index (χ3n) is 4.04. The Morgan fingerprint density at radius 1 is 1.38 bits per heavy atom. The van der Waals surface area contributed by atoms with Crippen LogP contribution in [0.15, 0.2) is 22.7 Å². The zero-order valence-electron chi connectivity index (χ0n) is 9.32. The number of hydrogen-bond acceptors (Lipinski definition) is 2. The van der Waals surface area contributed by atoms with Gasteiger partial charge in [0.1, 0.15) is 0 Å². The van der Waals surface area contributed by atoms with Crippen molar-refractivity contribution in [3.05, 3.63) is 28.2 Å². The fraction of sp³-hybridized carbons (Fsp3) is 0.538. The van der Waals surface area contributed by atoms with E-state index in [-0.39, 0.29) is 0 Å². The zero-order chi connectivity index (χ0) is 11.1. The molecule has 1 aliphatic heterocycles. The second kappa shape index (κ2) is 4.04. The highest BCUT2D eigenvalue weighted by atomic mass is 79.9. The fourth-order valence-electron chi connectivity index (χ4n) is 3.17. The highest BCUT2D eigenvalue weighted by molar-refractivity contribution is 9.10. The Bertz CT molecular complexity index is 385. The van der Waals surface area contributed by atoms with Crippen LogP contribution >= 0.6 is 15.9 Å². The lowest BCUT2D eigenvalue weighted by Crippen LogP contribution is -2.31. The summed E-state index contributed by atoms with van der Waals surface area (Å²) in [6.07, 6.45) is 4.23. The summed E-state index contributed by atoms with van der Waals surface area (Å²) in [6, 6.07) is 6.89.